The lowest BCUT2D eigenvalue weighted by Gasteiger charge is -2.10. The number of carbonyl (C=O) groups excluding carboxylic acids is 2. The number of ether oxygens (including phenoxy) is 1. The van der Waals surface area contributed by atoms with Crippen LogP contribution in [0, 0.1) is 0 Å². The van der Waals surface area contributed by atoms with Crippen molar-refractivity contribution in [1.82, 2.24) is 15.1 Å². The number of carboxylic acid groups (broad SMARTS) is 1. The summed E-state index contributed by atoms with van der Waals surface area (Å²) in [5, 5.41) is 18.2. The van der Waals surface area contributed by atoms with Crippen molar-refractivity contribution in [2.45, 2.75) is 6.54 Å². The Morgan fingerprint density at radius 2 is 2.13 bits per heavy atom. The van der Waals surface area contributed by atoms with Crippen LogP contribution in [0.15, 0.2) is 30.3 Å². The zero-order valence-electron chi connectivity index (χ0n) is 12.5. The Labute approximate surface area is 132 Å². The van der Waals surface area contributed by atoms with Gasteiger partial charge in [-0.25, -0.2) is 4.79 Å². The van der Waals surface area contributed by atoms with Crippen LogP contribution in [0.2, 0.25) is 0 Å². The molecule has 8 nitrogen and oxygen atoms in total. The molecule has 0 spiro atoms. The lowest BCUT2D eigenvalue weighted by molar-refractivity contribution is -0.255. The highest BCUT2D eigenvalue weighted by Crippen LogP contribution is 2.19. The van der Waals surface area contributed by atoms with Crippen molar-refractivity contribution in [3.05, 3.63) is 41.6 Å². The van der Waals surface area contributed by atoms with Crippen LogP contribution in [-0.4, -0.2) is 42.0 Å². The minimum absolute atomic E-state index is 0.0736. The lowest BCUT2D eigenvalue weighted by Crippen LogP contribution is -2.28. The minimum Gasteiger partial charge on any atom is -0.543 e. The van der Waals surface area contributed by atoms with Gasteiger partial charge in [0, 0.05) is 19.2 Å². The first-order valence-corrected chi connectivity index (χ1v) is 7.06. The molecule has 2 aromatic rings. The van der Waals surface area contributed by atoms with Crippen LogP contribution in [0.1, 0.15) is 16.1 Å². The molecule has 3 rings (SSSR count). The van der Waals surface area contributed by atoms with E-state index < -0.39 is 5.97 Å². The van der Waals surface area contributed by atoms with Gasteiger partial charge in [-0.1, -0.05) is 12.1 Å². The number of nitrogens with zero attached hydrogens (tertiary/aromatic N) is 3. The summed E-state index contributed by atoms with van der Waals surface area (Å²) in [6.45, 7) is 1.21. The van der Waals surface area contributed by atoms with Gasteiger partial charge in [-0.3, -0.25) is 9.58 Å². The molecule has 0 unspecified atom stereocenters. The highest BCUT2D eigenvalue weighted by atomic mass is 16.5. The maximum absolute atomic E-state index is 11.7. The van der Waals surface area contributed by atoms with E-state index in [1.807, 2.05) is 12.1 Å². The van der Waals surface area contributed by atoms with E-state index in [0.717, 1.165) is 5.56 Å². The molecule has 1 N–H and O–H groups in total. The number of aromatic nitrogens is 2. The summed E-state index contributed by atoms with van der Waals surface area (Å²) < 4.78 is 6.40. The number of carboxylic acids is 1. The monoisotopic (exact) mass is 315 g/mol. The maximum Gasteiger partial charge on any atom is 0.323 e. The van der Waals surface area contributed by atoms with Crippen LogP contribution in [0.25, 0.3) is 0 Å². The van der Waals surface area contributed by atoms with Gasteiger partial charge in [-0.15, -0.1) is 0 Å². The SMILES string of the molecule is COc1ccc(Cn2nc(N3CCNC3=O)cc2C(=O)[O-])cc1. The number of benzene rings is 1. The Balaban J connectivity index is 1.89. The van der Waals surface area contributed by atoms with Crippen molar-refractivity contribution in [2.24, 2.45) is 0 Å². The fourth-order valence-electron chi connectivity index (χ4n) is 2.41. The summed E-state index contributed by atoms with van der Waals surface area (Å²) >= 11 is 0. The molecule has 120 valence electrons. The van der Waals surface area contributed by atoms with Crippen molar-refractivity contribution in [3.63, 3.8) is 0 Å². The van der Waals surface area contributed by atoms with Crippen molar-refractivity contribution < 1.29 is 19.4 Å². The van der Waals surface area contributed by atoms with Gasteiger partial charge in [0.15, 0.2) is 5.82 Å². The summed E-state index contributed by atoms with van der Waals surface area (Å²) in [7, 11) is 1.57. The number of aromatic carboxylic acids is 1. The molecule has 0 bridgehead atoms. The first-order chi connectivity index (χ1) is 11.1. The molecule has 1 saturated heterocycles. The molecule has 1 aliphatic rings. The summed E-state index contributed by atoms with van der Waals surface area (Å²) in [4.78, 5) is 24.4. The zero-order chi connectivity index (χ0) is 16.4. The fraction of sp³-hybridized carbons (Fsp3) is 0.267. The largest absolute Gasteiger partial charge is 0.543 e. The molecule has 2 amide bonds. The quantitative estimate of drug-likeness (QED) is 0.826. The number of anilines is 1. The molecular weight excluding hydrogens is 300 g/mol. The van der Waals surface area contributed by atoms with Gasteiger partial charge in [-0.05, 0) is 17.7 Å². The van der Waals surface area contributed by atoms with Crippen LogP contribution >= 0.6 is 0 Å². The van der Waals surface area contributed by atoms with Crippen LogP contribution in [0.4, 0.5) is 10.6 Å². The number of urea groups is 1. The average Bonchev–Trinajstić information content (AvgIpc) is 3.14. The third-order valence-electron chi connectivity index (χ3n) is 3.60. The number of nitrogens with one attached hydrogen (secondary N) is 1. The molecule has 23 heavy (non-hydrogen) atoms. The Kier molecular flexibility index (Phi) is 3.88. The average molecular weight is 315 g/mol. The van der Waals surface area contributed by atoms with Crippen molar-refractivity contribution in [1.29, 1.82) is 0 Å². The second-order valence-electron chi connectivity index (χ2n) is 5.06. The first kappa shape index (κ1) is 14.9. The number of rotatable bonds is 5. The molecule has 0 radical (unpaired) electrons. The summed E-state index contributed by atoms with van der Waals surface area (Å²) in [6.07, 6.45) is 0. The third kappa shape index (κ3) is 2.96. The Hall–Kier alpha value is -3.03. The number of methoxy groups -OCH3 is 1. The van der Waals surface area contributed by atoms with Crippen LogP contribution < -0.4 is 20.1 Å². The molecular formula is C15H15N4O4-. The molecule has 8 heteroatoms. The molecule has 2 heterocycles. The first-order valence-electron chi connectivity index (χ1n) is 7.06. The highest BCUT2D eigenvalue weighted by molar-refractivity contribution is 5.94. The van der Waals surface area contributed by atoms with Gasteiger partial charge >= 0.3 is 6.03 Å². The molecule has 0 aliphatic carbocycles. The highest BCUT2D eigenvalue weighted by Gasteiger charge is 2.24. The van der Waals surface area contributed by atoms with Gasteiger partial charge in [0.05, 0.1) is 25.3 Å². The second kappa shape index (κ2) is 5.99. The van der Waals surface area contributed by atoms with Crippen LogP contribution in [0.5, 0.6) is 5.75 Å². The topological polar surface area (TPSA) is 99.5 Å². The van der Waals surface area contributed by atoms with E-state index in [0.29, 0.717) is 24.7 Å². The van der Waals surface area contributed by atoms with E-state index in [4.69, 9.17) is 4.74 Å². The van der Waals surface area contributed by atoms with Crippen molar-refractivity contribution >= 4 is 17.8 Å². The van der Waals surface area contributed by atoms with E-state index >= 15 is 0 Å². The molecule has 0 atom stereocenters. The van der Waals surface area contributed by atoms with Crippen molar-refractivity contribution in [2.75, 3.05) is 25.1 Å². The van der Waals surface area contributed by atoms with E-state index in [1.54, 1.807) is 19.2 Å². The van der Waals surface area contributed by atoms with Gasteiger partial charge in [0.1, 0.15) is 5.75 Å². The fourth-order valence-corrected chi connectivity index (χ4v) is 2.41. The number of hydrogen-bond donors (Lipinski definition) is 1. The predicted octanol–water partition coefficient (Wildman–Crippen LogP) is -0.167. The number of carbonyl (C=O) groups is 2. The normalized spacial score (nSPS) is 14.0. The summed E-state index contributed by atoms with van der Waals surface area (Å²) in [5.74, 6) is -0.326. The smallest absolute Gasteiger partial charge is 0.323 e. The van der Waals surface area contributed by atoms with Crippen LogP contribution in [0.3, 0.4) is 0 Å². The molecule has 1 aliphatic heterocycles. The Bertz CT molecular complexity index is 738. The van der Waals surface area contributed by atoms with Gasteiger partial charge in [-0.2, -0.15) is 5.10 Å². The van der Waals surface area contributed by atoms with Gasteiger partial charge in [0.25, 0.3) is 0 Å². The van der Waals surface area contributed by atoms with Gasteiger partial charge < -0.3 is 20.0 Å². The van der Waals surface area contributed by atoms with Gasteiger partial charge in [0.2, 0.25) is 0 Å². The van der Waals surface area contributed by atoms with E-state index in [1.165, 1.54) is 15.6 Å². The second-order valence-corrected chi connectivity index (χ2v) is 5.06. The molecule has 1 fully saturated rings. The number of hydrogen-bond acceptors (Lipinski definition) is 5. The van der Waals surface area contributed by atoms with E-state index in [-0.39, 0.29) is 18.3 Å². The summed E-state index contributed by atoms with van der Waals surface area (Å²) in [6, 6.07) is 8.27. The van der Waals surface area contributed by atoms with E-state index in [2.05, 4.69) is 10.4 Å². The van der Waals surface area contributed by atoms with Crippen LogP contribution in [-0.2, 0) is 6.54 Å². The zero-order valence-corrected chi connectivity index (χ0v) is 12.5. The Morgan fingerprint density at radius 1 is 1.39 bits per heavy atom. The molecule has 0 saturated carbocycles. The predicted molar refractivity (Wildman–Crippen MR) is 79.4 cm³/mol. The third-order valence-corrected chi connectivity index (χ3v) is 3.60. The van der Waals surface area contributed by atoms with E-state index in [9.17, 15) is 14.7 Å². The minimum atomic E-state index is -1.34. The number of amides is 2. The maximum atomic E-state index is 11.7. The standard InChI is InChI=1S/C15H16N4O4/c1-23-11-4-2-10(3-5-11)9-19-12(14(20)21)8-13(17-19)18-7-6-16-15(18)22/h2-5,8H,6-7,9H2,1H3,(H,16,22)(H,20,21)/p-1. The van der Waals surface area contributed by atoms with Crippen molar-refractivity contribution in [3.8, 4) is 5.75 Å². The molecule has 1 aromatic carbocycles. The molecule has 1 aromatic heterocycles. The Morgan fingerprint density at radius 3 is 2.70 bits per heavy atom. The lowest BCUT2D eigenvalue weighted by atomic mass is 10.2. The summed E-state index contributed by atoms with van der Waals surface area (Å²) in [5.41, 5.74) is 0.782.